The maximum Gasteiger partial charge on any atom is 0.267 e. The van der Waals surface area contributed by atoms with Gasteiger partial charge < -0.3 is 10.1 Å². The molecule has 1 aromatic heterocycles. The quantitative estimate of drug-likeness (QED) is 0.656. The molecule has 1 heterocycles. The highest BCUT2D eigenvalue weighted by Crippen LogP contribution is 2.67. The monoisotopic (exact) mass is 417 g/mol. The molecular formula is C26H31N3O2. The number of pyridine rings is 1. The van der Waals surface area contributed by atoms with Gasteiger partial charge in [0.15, 0.2) is 0 Å². The summed E-state index contributed by atoms with van der Waals surface area (Å²) in [7, 11) is 0. The fourth-order valence-electron chi connectivity index (χ4n) is 8.12. The summed E-state index contributed by atoms with van der Waals surface area (Å²) >= 11 is 0. The second-order valence-corrected chi connectivity index (χ2v) is 10.9. The van der Waals surface area contributed by atoms with Crippen LogP contribution in [0.15, 0.2) is 22.5 Å². The fraction of sp³-hybridized carbons (Fsp3) is 0.654. The Morgan fingerprint density at radius 1 is 1.10 bits per heavy atom. The van der Waals surface area contributed by atoms with E-state index in [1.165, 1.54) is 12.0 Å². The molecule has 0 unspecified atom stereocenters. The van der Waals surface area contributed by atoms with E-state index in [1.807, 2.05) is 12.1 Å². The number of aromatic amines is 1. The molecule has 0 saturated heterocycles. The van der Waals surface area contributed by atoms with E-state index in [0.29, 0.717) is 17.8 Å². The Kier molecular flexibility index (Phi) is 4.68. The highest BCUT2D eigenvalue weighted by atomic mass is 16.3. The zero-order chi connectivity index (χ0) is 22.0. The molecule has 3 fully saturated rings. The van der Waals surface area contributed by atoms with Crippen molar-refractivity contribution in [3.05, 3.63) is 44.9 Å². The summed E-state index contributed by atoms with van der Waals surface area (Å²) in [4.78, 5) is 15.4. The lowest BCUT2D eigenvalue weighted by Crippen LogP contribution is -2.50. The topological polar surface area (TPSA) is 101 Å². The van der Waals surface area contributed by atoms with E-state index in [1.54, 1.807) is 6.07 Å². The van der Waals surface area contributed by atoms with Crippen molar-refractivity contribution in [3.8, 4) is 12.1 Å². The number of hydrogen-bond acceptors (Lipinski definition) is 4. The van der Waals surface area contributed by atoms with Crippen LogP contribution < -0.4 is 5.56 Å². The van der Waals surface area contributed by atoms with Gasteiger partial charge in [0.2, 0.25) is 0 Å². The van der Waals surface area contributed by atoms with E-state index in [4.69, 9.17) is 0 Å². The average Bonchev–Trinajstić information content (AvgIpc) is 3.10. The Morgan fingerprint density at radius 3 is 2.65 bits per heavy atom. The van der Waals surface area contributed by atoms with Crippen LogP contribution in [-0.4, -0.2) is 16.2 Å². The smallest absolute Gasteiger partial charge is 0.267 e. The number of aliphatic hydroxyl groups is 1. The molecule has 5 rings (SSSR count). The van der Waals surface area contributed by atoms with E-state index in [9.17, 15) is 20.4 Å². The first-order chi connectivity index (χ1) is 14.8. The number of H-pyrrole nitrogens is 1. The number of fused-ring (bicyclic) bond motifs is 5. The van der Waals surface area contributed by atoms with E-state index < -0.39 is 5.56 Å². The molecule has 7 atom stereocenters. The summed E-state index contributed by atoms with van der Waals surface area (Å²) in [5.41, 5.74) is 2.33. The van der Waals surface area contributed by atoms with Gasteiger partial charge in [-0.05, 0) is 86.0 Å². The normalized spacial score (nSPS) is 41.2. The summed E-state index contributed by atoms with van der Waals surface area (Å²) in [6.07, 6.45) is 10.7. The largest absolute Gasteiger partial charge is 0.393 e. The van der Waals surface area contributed by atoms with E-state index >= 15 is 0 Å². The number of nitriles is 2. The van der Waals surface area contributed by atoms with Gasteiger partial charge in [-0.15, -0.1) is 0 Å². The van der Waals surface area contributed by atoms with Crippen LogP contribution >= 0.6 is 0 Å². The molecular weight excluding hydrogens is 386 g/mol. The third-order valence-corrected chi connectivity index (χ3v) is 9.74. The van der Waals surface area contributed by atoms with Gasteiger partial charge in [0.25, 0.3) is 5.56 Å². The summed E-state index contributed by atoms with van der Waals surface area (Å²) in [6.45, 7) is 4.83. The maximum atomic E-state index is 12.5. The lowest BCUT2D eigenvalue weighted by atomic mass is 9.47. The van der Waals surface area contributed by atoms with Crippen LogP contribution in [0.4, 0.5) is 0 Å². The van der Waals surface area contributed by atoms with Crippen LogP contribution in [0.3, 0.4) is 0 Å². The first-order valence-corrected chi connectivity index (χ1v) is 11.8. The third-order valence-electron chi connectivity index (χ3n) is 9.74. The van der Waals surface area contributed by atoms with Crippen LogP contribution in [-0.2, 0) is 0 Å². The summed E-state index contributed by atoms with van der Waals surface area (Å²) in [5, 5.41) is 28.9. The summed E-state index contributed by atoms with van der Waals surface area (Å²) in [5.74, 6) is 2.14. The van der Waals surface area contributed by atoms with Gasteiger partial charge in [0.05, 0.1) is 11.7 Å². The second kappa shape index (κ2) is 7.07. The Bertz CT molecular complexity index is 1090. The van der Waals surface area contributed by atoms with Gasteiger partial charge >= 0.3 is 0 Å². The van der Waals surface area contributed by atoms with Crippen LogP contribution in [0.1, 0.15) is 88.0 Å². The van der Waals surface area contributed by atoms with Crippen LogP contribution in [0.2, 0.25) is 0 Å². The highest BCUT2D eigenvalue weighted by Gasteiger charge is 2.58. The SMILES string of the molecule is C[C@@]12CC[C@@H]3[C@H](CC=C4C[C@@H](O)CC[C@@]43C)[C@H]1CC[C@H]2c1cc(C#N)c(C#N)c(=O)[nH]1. The Hall–Kier alpha value is -2.37. The van der Waals surface area contributed by atoms with Crippen LogP contribution in [0.5, 0.6) is 0 Å². The number of hydrogen-bond donors (Lipinski definition) is 2. The van der Waals surface area contributed by atoms with Gasteiger partial charge in [-0.3, -0.25) is 4.79 Å². The second-order valence-electron chi connectivity index (χ2n) is 10.9. The molecule has 2 N–H and O–H groups in total. The Labute approximate surface area is 183 Å². The summed E-state index contributed by atoms with van der Waals surface area (Å²) < 4.78 is 0. The first-order valence-electron chi connectivity index (χ1n) is 11.8. The van der Waals surface area contributed by atoms with Gasteiger partial charge in [0.1, 0.15) is 17.7 Å². The molecule has 1 aromatic rings. The van der Waals surface area contributed by atoms with Crippen molar-refractivity contribution in [1.82, 2.24) is 4.98 Å². The number of nitrogens with zero attached hydrogens (tertiary/aromatic N) is 2. The molecule has 0 aliphatic heterocycles. The Morgan fingerprint density at radius 2 is 1.90 bits per heavy atom. The zero-order valence-electron chi connectivity index (χ0n) is 18.4. The zero-order valence-corrected chi connectivity index (χ0v) is 18.4. The molecule has 0 radical (unpaired) electrons. The number of aromatic nitrogens is 1. The molecule has 5 heteroatoms. The molecule has 0 bridgehead atoms. The molecule has 4 aliphatic rings. The predicted octanol–water partition coefficient (Wildman–Crippen LogP) is 4.53. The van der Waals surface area contributed by atoms with Crippen molar-refractivity contribution in [2.24, 2.45) is 28.6 Å². The van der Waals surface area contributed by atoms with Crippen molar-refractivity contribution < 1.29 is 5.11 Å². The molecule has 0 amide bonds. The molecule has 0 spiro atoms. The minimum absolute atomic E-state index is 0.0768. The van der Waals surface area contributed by atoms with Gasteiger partial charge in [-0.1, -0.05) is 25.5 Å². The van der Waals surface area contributed by atoms with Crippen LogP contribution in [0, 0.1) is 51.2 Å². The summed E-state index contributed by atoms with van der Waals surface area (Å²) in [6, 6.07) is 5.69. The maximum absolute atomic E-state index is 12.5. The van der Waals surface area contributed by atoms with Crippen LogP contribution in [0.25, 0.3) is 0 Å². The lowest BCUT2D eigenvalue weighted by Gasteiger charge is -2.58. The standard InChI is InChI=1S/C26H31N3O2/c1-25-9-7-17(30)12-16(25)3-4-18-20-5-6-22(26(20,2)10-8-21(18)25)23-11-15(13-27)19(14-28)24(31)29-23/h3,11,17-18,20-22,30H,4-10,12H2,1-2H3,(H,29,31)/t17-,18+,20+,21+,22-,25-,26+/m0/s1. The number of aliphatic hydroxyl groups excluding tert-OH is 1. The molecule has 31 heavy (non-hydrogen) atoms. The molecule has 4 aliphatic carbocycles. The van der Waals surface area contributed by atoms with Gasteiger partial charge in [-0.25, -0.2) is 0 Å². The highest BCUT2D eigenvalue weighted by molar-refractivity contribution is 5.45. The van der Waals surface area contributed by atoms with Crippen molar-refractivity contribution in [2.75, 3.05) is 0 Å². The van der Waals surface area contributed by atoms with E-state index in [2.05, 4.69) is 24.9 Å². The Balaban J connectivity index is 1.49. The number of allylic oxidation sites excluding steroid dienone is 1. The molecule has 162 valence electrons. The number of rotatable bonds is 1. The third kappa shape index (κ3) is 2.86. The predicted molar refractivity (Wildman–Crippen MR) is 117 cm³/mol. The minimum atomic E-state index is -0.434. The van der Waals surface area contributed by atoms with E-state index in [-0.39, 0.29) is 34.0 Å². The van der Waals surface area contributed by atoms with E-state index in [0.717, 1.165) is 50.6 Å². The van der Waals surface area contributed by atoms with Crippen molar-refractivity contribution in [2.45, 2.75) is 77.2 Å². The molecule has 5 nitrogen and oxygen atoms in total. The minimum Gasteiger partial charge on any atom is -0.393 e. The van der Waals surface area contributed by atoms with Gasteiger partial charge in [0, 0.05) is 11.6 Å². The van der Waals surface area contributed by atoms with Gasteiger partial charge in [-0.2, -0.15) is 10.5 Å². The first kappa shape index (κ1) is 20.5. The number of nitrogens with one attached hydrogen (secondary N) is 1. The van der Waals surface area contributed by atoms with Crippen molar-refractivity contribution >= 4 is 0 Å². The van der Waals surface area contributed by atoms with Crippen molar-refractivity contribution in [3.63, 3.8) is 0 Å². The lowest BCUT2D eigenvalue weighted by molar-refractivity contribution is -0.0412. The molecule has 0 aromatic carbocycles. The average molecular weight is 418 g/mol. The fourth-order valence-corrected chi connectivity index (χ4v) is 8.12. The van der Waals surface area contributed by atoms with Crippen molar-refractivity contribution in [1.29, 1.82) is 10.5 Å². The molecule has 3 saturated carbocycles.